The van der Waals surface area contributed by atoms with Crippen LogP contribution in [0.1, 0.15) is 29.2 Å². The molecule has 6 rings (SSSR count). The molecule has 36 heavy (non-hydrogen) atoms. The highest BCUT2D eigenvalue weighted by Crippen LogP contribution is 2.44. The van der Waals surface area contributed by atoms with E-state index in [4.69, 9.17) is 16.3 Å². The lowest BCUT2D eigenvalue weighted by Crippen LogP contribution is -2.29. The van der Waals surface area contributed by atoms with Gasteiger partial charge in [0.1, 0.15) is 17.3 Å². The molecule has 7 nitrogen and oxygen atoms in total. The number of aliphatic hydroxyl groups is 1. The molecule has 0 bridgehead atoms. The number of hydrogen-bond acceptors (Lipinski definition) is 7. The third-order valence-corrected chi connectivity index (χ3v) is 7.56. The number of carbonyl (C=O) groups excluding carboxylic acids is 2. The Morgan fingerprint density at radius 3 is 2.89 bits per heavy atom. The van der Waals surface area contributed by atoms with Crippen molar-refractivity contribution >= 4 is 55.7 Å². The van der Waals surface area contributed by atoms with Crippen molar-refractivity contribution in [3.8, 4) is 5.75 Å². The van der Waals surface area contributed by atoms with Crippen molar-refractivity contribution in [2.24, 2.45) is 0 Å². The summed E-state index contributed by atoms with van der Waals surface area (Å²) < 4.78 is 20.2. The van der Waals surface area contributed by atoms with Crippen LogP contribution in [0, 0.1) is 5.82 Å². The van der Waals surface area contributed by atoms with E-state index >= 15 is 0 Å². The van der Waals surface area contributed by atoms with Crippen LogP contribution < -0.4 is 9.64 Å². The Labute approximate surface area is 213 Å². The number of pyridine rings is 1. The summed E-state index contributed by atoms with van der Waals surface area (Å²) in [7, 11) is 0. The first kappa shape index (κ1) is 22.6. The number of anilines is 1. The molecule has 4 aromatic rings. The van der Waals surface area contributed by atoms with Crippen LogP contribution in [0.2, 0.25) is 5.02 Å². The van der Waals surface area contributed by atoms with Crippen molar-refractivity contribution < 1.29 is 23.8 Å². The maximum Gasteiger partial charge on any atom is 0.301 e. The molecule has 2 aliphatic rings. The van der Waals surface area contributed by atoms with Gasteiger partial charge in [0.05, 0.1) is 33.5 Å². The lowest BCUT2D eigenvalue weighted by Gasteiger charge is -2.23. The maximum atomic E-state index is 14.0. The zero-order valence-electron chi connectivity index (χ0n) is 18.6. The second-order valence-electron chi connectivity index (χ2n) is 8.46. The molecule has 0 saturated carbocycles. The molecule has 0 aliphatic carbocycles. The van der Waals surface area contributed by atoms with Crippen LogP contribution in [-0.4, -0.2) is 33.4 Å². The Morgan fingerprint density at radius 1 is 1.22 bits per heavy atom. The second kappa shape index (κ2) is 8.69. The number of hydrogen-bond donors (Lipinski definition) is 1. The molecule has 1 saturated heterocycles. The van der Waals surface area contributed by atoms with Crippen LogP contribution in [0.15, 0.2) is 60.4 Å². The van der Waals surface area contributed by atoms with Crippen LogP contribution in [0.25, 0.3) is 16.0 Å². The van der Waals surface area contributed by atoms with E-state index in [-0.39, 0.29) is 21.5 Å². The smallest absolute Gasteiger partial charge is 0.301 e. The van der Waals surface area contributed by atoms with Gasteiger partial charge in [-0.25, -0.2) is 9.37 Å². The first-order valence-corrected chi connectivity index (χ1v) is 12.3. The summed E-state index contributed by atoms with van der Waals surface area (Å²) in [6.45, 7) is 0.627. The van der Waals surface area contributed by atoms with Crippen molar-refractivity contribution in [3.05, 3.63) is 88.0 Å². The van der Waals surface area contributed by atoms with Gasteiger partial charge in [-0.15, -0.1) is 0 Å². The fourth-order valence-electron chi connectivity index (χ4n) is 4.56. The summed E-state index contributed by atoms with van der Waals surface area (Å²) in [6, 6.07) is 10.2. The van der Waals surface area contributed by atoms with E-state index in [1.54, 1.807) is 36.5 Å². The molecule has 2 aliphatic heterocycles. The molecule has 1 N–H and O–H groups in total. The fourth-order valence-corrected chi connectivity index (χ4v) is 5.72. The molecule has 4 heterocycles. The van der Waals surface area contributed by atoms with Crippen molar-refractivity contribution in [2.45, 2.75) is 18.9 Å². The second-order valence-corrected chi connectivity index (χ2v) is 9.88. The lowest BCUT2D eigenvalue weighted by molar-refractivity contribution is -0.132. The van der Waals surface area contributed by atoms with Gasteiger partial charge in [-0.3, -0.25) is 19.5 Å². The number of aromatic nitrogens is 2. The summed E-state index contributed by atoms with van der Waals surface area (Å²) >= 11 is 6.96. The van der Waals surface area contributed by atoms with Crippen LogP contribution >= 0.6 is 22.9 Å². The third-order valence-electron chi connectivity index (χ3n) is 6.25. The molecule has 0 radical (unpaired) electrons. The van der Waals surface area contributed by atoms with Crippen LogP contribution in [0.5, 0.6) is 5.75 Å². The number of rotatable bonds is 3. The molecule has 2 aromatic heterocycles. The first-order valence-electron chi connectivity index (χ1n) is 11.1. The average molecular weight is 522 g/mol. The monoisotopic (exact) mass is 521 g/mol. The van der Waals surface area contributed by atoms with E-state index in [2.05, 4.69) is 9.97 Å². The minimum Gasteiger partial charge on any atom is -0.507 e. The van der Waals surface area contributed by atoms with Gasteiger partial charge in [0.25, 0.3) is 5.78 Å². The number of halogens is 2. The minimum atomic E-state index is -0.980. The Kier molecular flexibility index (Phi) is 5.46. The van der Waals surface area contributed by atoms with E-state index in [9.17, 15) is 19.1 Å². The zero-order chi connectivity index (χ0) is 25.0. The summed E-state index contributed by atoms with van der Waals surface area (Å²) in [4.78, 5) is 36.5. The van der Waals surface area contributed by atoms with Gasteiger partial charge in [0, 0.05) is 18.0 Å². The van der Waals surface area contributed by atoms with Gasteiger partial charge in [-0.05, 0) is 60.4 Å². The molecule has 180 valence electrons. The molecule has 1 atom stereocenters. The number of fused-ring (bicyclic) bond motifs is 2. The Balaban J connectivity index is 1.53. The number of aliphatic hydroxyl groups excluding tert-OH is 1. The lowest BCUT2D eigenvalue weighted by atomic mass is 9.95. The van der Waals surface area contributed by atoms with E-state index in [0.29, 0.717) is 28.0 Å². The molecule has 1 unspecified atom stereocenters. The summed E-state index contributed by atoms with van der Waals surface area (Å²) in [5.74, 6) is -1.87. The molecular weight excluding hydrogens is 505 g/mol. The van der Waals surface area contributed by atoms with Gasteiger partial charge in [0.15, 0.2) is 5.13 Å². The molecule has 10 heteroatoms. The molecule has 1 fully saturated rings. The SMILES string of the molecule is O=C1C(=O)N(c2nc3cc(Cl)c(F)cc3s2)C(c2cccnc2)/C1=C(\O)c1ccc2c(c1)CCCO2. The highest BCUT2D eigenvalue weighted by atomic mass is 35.5. The van der Waals surface area contributed by atoms with E-state index in [0.717, 1.165) is 35.5 Å². The van der Waals surface area contributed by atoms with Crippen molar-refractivity contribution in [2.75, 3.05) is 11.5 Å². The van der Waals surface area contributed by atoms with Crippen LogP contribution in [-0.2, 0) is 16.0 Å². The average Bonchev–Trinajstić information content (AvgIpc) is 3.41. The predicted molar refractivity (Wildman–Crippen MR) is 134 cm³/mol. The first-order chi connectivity index (χ1) is 17.4. The van der Waals surface area contributed by atoms with Gasteiger partial charge >= 0.3 is 5.91 Å². The molecule has 0 spiro atoms. The quantitative estimate of drug-likeness (QED) is 0.219. The van der Waals surface area contributed by atoms with E-state index in [1.807, 2.05) is 0 Å². The van der Waals surface area contributed by atoms with Crippen LogP contribution in [0.4, 0.5) is 9.52 Å². The standard InChI is InChI=1S/C26H17ClFN3O4S/c27-16-10-18-20(11-17(16)28)36-26(30-18)31-22(15-3-1-7-29-12-15)21(24(33)25(31)34)23(32)14-5-6-19-13(9-14)4-2-8-35-19/h1,3,5-7,9-12,22,32H,2,4,8H2/b23-21+. The Hall–Kier alpha value is -3.82. The van der Waals surface area contributed by atoms with Gasteiger partial charge in [-0.1, -0.05) is 29.0 Å². The number of ketones is 1. The fraction of sp³-hybridized carbons (Fsp3) is 0.154. The topological polar surface area (TPSA) is 92.6 Å². The van der Waals surface area contributed by atoms with Gasteiger partial charge in [-0.2, -0.15) is 0 Å². The maximum absolute atomic E-state index is 14.0. The number of thiazole rings is 1. The van der Waals surface area contributed by atoms with Gasteiger partial charge in [0.2, 0.25) is 0 Å². The molecule has 2 aromatic carbocycles. The van der Waals surface area contributed by atoms with E-state index < -0.39 is 23.5 Å². The Bertz CT molecular complexity index is 1550. The van der Waals surface area contributed by atoms with Crippen molar-refractivity contribution in [1.29, 1.82) is 0 Å². The third kappa shape index (κ3) is 3.63. The predicted octanol–water partition coefficient (Wildman–Crippen LogP) is 5.44. The normalized spacial score (nSPS) is 18.9. The van der Waals surface area contributed by atoms with Crippen molar-refractivity contribution in [1.82, 2.24) is 9.97 Å². The summed E-state index contributed by atoms with van der Waals surface area (Å²) in [5, 5.41) is 11.4. The van der Waals surface area contributed by atoms with Crippen molar-refractivity contribution in [3.63, 3.8) is 0 Å². The number of aryl methyl sites for hydroxylation is 1. The molecule has 1 amide bonds. The number of carbonyl (C=O) groups is 2. The number of benzene rings is 2. The number of amides is 1. The largest absolute Gasteiger partial charge is 0.507 e. The zero-order valence-corrected chi connectivity index (χ0v) is 20.1. The van der Waals surface area contributed by atoms with Gasteiger partial charge < -0.3 is 9.84 Å². The highest BCUT2D eigenvalue weighted by molar-refractivity contribution is 7.22. The number of nitrogens with zero attached hydrogens (tertiary/aromatic N) is 3. The van der Waals surface area contributed by atoms with E-state index in [1.165, 1.54) is 23.2 Å². The summed E-state index contributed by atoms with van der Waals surface area (Å²) in [6.07, 6.45) is 4.73. The number of Topliss-reactive ketones (excluding diaryl/α,β-unsaturated/α-hetero) is 1. The molecular formula is C26H17ClFN3O4S. The minimum absolute atomic E-state index is 0.0758. The highest BCUT2D eigenvalue weighted by Gasteiger charge is 2.48. The van der Waals surface area contributed by atoms with Crippen LogP contribution in [0.3, 0.4) is 0 Å². The summed E-state index contributed by atoms with van der Waals surface area (Å²) in [5.41, 5.74) is 2.16. The Morgan fingerprint density at radius 2 is 2.08 bits per heavy atom. The number of ether oxygens (including phenoxy) is 1.